The maximum atomic E-state index is 12.6. The SMILES string of the molecule is C/C=C(\C=NC)c1ccc(F)cc1. The Morgan fingerprint density at radius 3 is 2.38 bits per heavy atom. The van der Waals surface area contributed by atoms with Gasteiger partial charge in [0.15, 0.2) is 0 Å². The Morgan fingerprint density at radius 2 is 1.92 bits per heavy atom. The van der Waals surface area contributed by atoms with Gasteiger partial charge in [-0.25, -0.2) is 4.39 Å². The molecule has 68 valence electrons. The Labute approximate surface area is 77.6 Å². The van der Waals surface area contributed by atoms with E-state index in [0.29, 0.717) is 0 Å². The van der Waals surface area contributed by atoms with Crippen LogP contribution in [0.25, 0.3) is 5.57 Å². The van der Waals surface area contributed by atoms with Crippen molar-refractivity contribution in [3.8, 4) is 0 Å². The standard InChI is InChI=1S/C11H12FN/c1-3-9(8-13-2)10-4-6-11(12)7-5-10/h3-8H,1-2H3/b9-3+,13-8?. The second-order valence-electron chi connectivity index (χ2n) is 2.64. The maximum Gasteiger partial charge on any atom is 0.123 e. The molecular weight excluding hydrogens is 165 g/mol. The summed E-state index contributed by atoms with van der Waals surface area (Å²) in [4.78, 5) is 3.92. The molecule has 13 heavy (non-hydrogen) atoms. The summed E-state index contributed by atoms with van der Waals surface area (Å²) in [5.74, 6) is -0.215. The quantitative estimate of drug-likeness (QED) is 0.616. The van der Waals surface area contributed by atoms with Gasteiger partial charge in [-0.15, -0.1) is 0 Å². The van der Waals surface area contributed by atoms with Crippen LogP contribution in [0.2, 0.25) is 0 Å². The van der Waals surface area contributed by atoms with E-state index >= 15 is 0 Å². The maximum absolute atomic E-state index is 12.6. The lowest BCUT2D eigenvalue weighted by molar-refractivity contribution is 0.627. The van der Waals surface area contributed by atoms with Gasteiger partial charge in [-0.05, 0) is 30.2 Å². The van der Waals surface area contributed by atoms with E-state index in [1.54, 1.807) is 25.4 Å². The van der Waals surface area contributed by atoms with Gasteiger partial charge in [0.2, 0.25) is 0 Å². The Morgan fingerprint density at radius 1 is 1.31 bits per heavy atom. The highest BCUT2D eigenvalue weighted by atomic mass is 19.1. The highest BCUT2D eigenvalue weighted by Crippen LogP contribution is 2.12. The molecule has 0 bridgehead atoms. The molecule has 0 aliphatic heterocycles. The summed E-state index contributed by atoms with van der Waals surface area (Å²) in [6.07, 6.45) is 3.70. The van der Waals surface area contributed by atoms with Crippen molar-refractivity contribution in [2.75, 3.05) is 7.05 Å². The second kappa shape index (κ2) is 4.55. The number of hydrogen-bond acceptors (Lipinski definition) is 1. The summed E-state index contributed by atoms with van der Waals surface area (Å²) >= 11 is 0. The molecule has 0 radical (unpaired) electrons. The Kier molecular flexibility index (Phi) is 3.38. The molecule has 0 atom stereocenters. The summed E-state index contributed by atoms with van der Waals surface area (Å²) < 4.78 is 12.6. The number of aliphatic imine (C=N–C) groups is 1. The molecule has 0 aromatic heterocycles. The summed E-state index contributed by atoms with van der Waals surface area (Å²) in [6.45, 7) is 1.93. The van der Waals surface area contributed by atoms with Crippen molar-refractivity contribution in [1.82, 2.24) is 0 Å². The predicted octanol–water partition coefficient (Wildman–Crippen LogP) is 2.93. The van der Waals surface area contributed by atoms with E-state index in [4.69, 9.17) is 0 Å². The molecule has 0 unspecified atom stereocenters. The van der Waals surface area contributed by atoms with Crippen LogP contribution in [0.15, 0.2) is 35.3 Å². The highest BCUT2D eigenvalue weighted by molar-refractivity contribution is 6.09. The van der Waals surface area contributed by atoms with Gasteiger partial charge >= 0.3 is 0 Å². The van der Waals surface area contributed by atoms with E-state index in [2.05, 4.69) is 4.99 Å². The minimum Gasteiger partial charge on any atom is -0.296 e. The largest absolute Gasteiger partial charge is 0.296 e. The second-order valence-corrected chi connectivity index (χ2v) is 2.64. The van der Waals surface area contributed by atoms with Crippen LogP contribution in [0, 0.1) is 5.82 Å². The van der Waals surface area contributed by atoms with Crippen LogP contribution in [0.3, 0.4) is 0 Å². The molecule has 0 amide bonds. The zero-order valence-corrected chi connectivity index (χ0v) is 7.79. The zero-order valence-electron chi connectivity index (χ0n) is 7.79. The zero-order chi connectivity index (χ0) is 9.68. The van der Waals surface area contributed by atoms with Crippen LogP contribution in [-0.4, -0.2) is 13.3 Å². The van der Waals surface area contributed by atoms with E-state index in [1.165, 1.54) is 12.1 Å². The minimum absolute atomic E-state index is 0.215. The van der Waals surface area contributed by atoms with Crippen molar-refractivity contribution in [3.05, 3.63) is 41.7 Å². The fourth-order valence-electron chi connectivity index (χ4n) is 1.10. The number of rotatable bonds is 2. The topological polar surface area (TPSA) is 12.4 Å². The van der Waals surface area contributed by atoms with Crippen LogP contribution in [0.1, 0.15) is 12.5 Å². The molecule has 1 aromatic rings. The lowest BCUT2D eigenvalue weighted by Crippen LogP contribution is -1.85. The Balaban J connectivity index is 3.00. The van der Waals surface area contributed by atoms with Gasteiger partial charge in [0.25, 0.3) is 0 Å². The first-order valence-electron chi connectivity index (χ1n) is 4.12. The number of hydrogen-bond donors (Lipinski definition) is 0. The molecule has 0 aliphatic carbocycles. The first-order chi connectivity index (χ1) is 6.27. The highest BCUT2D eigenvalue weighted by Gasteiger charge is 1.96. The fourth-order valence-corrected chi connectivity index (χ4v) is 1.10. The van der Waals surface area contributed by atoms with Crippen molar-refractivity contribution < 1.29 is 4.39 Å². The van der Waals surface area contributed by atoms with E-state index in [9.17, 15) is 4.39 Å². The van der Waals surface area contributed by atoms with Gasteiger partial charge in [-0.1, -0.05) is 18.2 Å². The third kappa shape index (κ3) is 2.51. The van der Waals surface area contributed by atoms with E-state index in [-0.39, 0.29) is 5.82 Å². The van der Waals surface area contributed by atoms with Crippen LogP contribution in [0.4, 0.5) is 4.39 Å². The van der Waals surface area contributed by atoms with Crippen LogP contribution in [-0.2, 0) is 0 Å². The van der Waals surface area contributed by atoms with Gasteiger partial charge < -0.3 is 0 Å². The predicted molar refractivity (Wildman–Crippen MR) is 54.5 cm³/mol. The molecule has 0 saturated heterocycles. The Bertz CT molecular complexity index is 322. The monoisotopic (exact) mass is 177 g/mol. The molecule has 0 heterocycles. The number of halogens is 1. The van der Waals surface area contributed by atoms with Crippen molar-refractivity contribution in [3.63, 3.8) is 0 Å². The van der Waals surface area contributed by atoms with Crippen molar-refractivity contribution in [1.29, 1.82) is 0 Å². The normalized spacial score (nSPS) is 12.4. The number of nitrogens with zero attached hydrogens (tertiary/aromatic N) is 1. The molecule has 0 fully saturated rings. The van der Waals surface area contributed by atoms with E-state index in [0.717, 1.165) is 11.1 Å². The van der Waals surface area contributed by atoms with Crippen molar-refractivity contribution in [2.24, 2.45) is 4.99 Å². The summed E-state index contributed by atoms with van der Waals surface area (Å²) in [5, 5.41) is 0. The van der Waals surface area contributed by atoms with Gasteiger partial charge in [0.1, 0.15) is 5.82 Å². The first kappa shape index (κ1) is 9.65. The summed E-state index contributed by atoms with van der Waals surface area (Å²) in [5.41, 5.74) is 1.98. The molecule has 0 aliphatic rings. The van der Waals surface area contributed by atoms with Crippen LogP contribution >= 0.6 is 0 Å². The molecular formula is C11H12FN. The molecule has 2 heteroatoms. The van der Waals surface area contributed by atoms with Crippen molar-refractivity contribution in [2.45, 2.75) is 6.92 Å². The minimum atomic E-state index is -0.215. The van der Waals surface area contributed by atoms with Crippen molar-refractivity contribution >= 4 is 11.8 Å². The summed E-state index contributed by atoms with van der Waals surface area (Å²) in [7, 11) is 1.72. The Hall–Kier alpha value is -1.44. The molecule has 0 N–H and O–H groups in total. The average Bonchev–Trinajstić information content (AvgIpc) is 2.16. The molecule has 0 saturated carbocycles. The molecule has 1 rings (SSSR count). The molecule has 1 aromatic carbocycles. The third-order valence-electron chi connectivity index (χ3n) is 1.76. The number of allylic oxidation sites excluding steroid dienone is 2. The fraction of sp³-hybridized carbons (Fsp3) is 0.182. The lowest BCUT2D eigenvalue weighted by Gasteiger charge is -1.99. The summed E-state index contributed by atoms with van der Waals surface area (Å²) in [6, 6.07) is 6.38. The van der Waals surface area contributed by atoms with Crippen LogP contribution in [0.5, 0.6) is 0 Å². The number of benzene rings is 1. The smallest absolute Gasteiger partial charge is 0.123 e. The third-order valence-corrected chi connectivity index (χ3v) is 1.76. The van der Waals surface area contributed by atoms with Gasteiger partial charge in [-0.3, -0.25) is 4.99 Å². The average molecular weight is 177 g/mol. The van der Waals surface area contributed by atoms with E-state index in [1.807, 2.05) is 13.0 Å². The first-order valence-corrected chi connectivity index (χ1v) is 4.12. The molecule has 0 spiro atoms. The lowest BCUT2D eigenvalue weighted by atomic mass is 10.1. The van der Waals surface area contributed by atoms with Gasteiger partial charge in [0, 0.05) is 13.3 Å². The molecule has 1 nitrogen and oxygen atoms in total. The van der Waals surface area contributed by atoms with Gasteiger partial charge in [-0.2, -0.15) is 0 Å². The van der Waals surface area contributed by atoms with Crippen LogP contribution < -0.4 is 0 Å². The van der Waals surface area contributed by atoms with E-state index < -0.39 is 0 Å². The van der Waals surface area contributed by atoms with Gasteiger partial charge in [0.05, 0.1) is 0 Å².